The molecule has 6 nitrogen and oxygen atoms in total. The average molecular weight is 298 g/mol. The van der Waals surface area contributed by atoms with Gasteiger partial charge < -0.3 is 10.1 Å². The first-order valence-electron chi connectivity index (χ1n) is 7.04. The van der Waals surface area contributed by atoms with Gasteiger partial charge in [0.1, 0.15) is 0 Å². The van der Waals surface area contributed by atoms with Crippen LogP contribution in [0.4, 0.5) is 0 Å². The zero-order valence-corrected chi connectivity index (χ0v) is 12.9. The minimum Gasteiger partial charge on any atom is -0.481 e. The van der Waals surface area contributed by atoms with E-state index in [1.54, 1.807) is 35.9 Å². The molecule has 2 aromatic rings. The van der Waals surface area contributed by atoms with E-state index in [1.165, 1.54) is 7.11 Å². The van der Waals surface area contributed by atoms with E-state index in [1.807, 2.05) is 6.92 Å². The van der Waals surface area contributed by atoms with Crippen LogP contribution < -0.4 is 10.1 Å². The van der Waals surface area contributed by atoms with Crippen molar-refractivity contribution in [3.05, 3.63) is 41.1 Å². The Balaban J connectivity index is 2.43. The van der Waals surface area contributed by atoms with Gasteiger partial charge in [-0.15, -0.1) is 0 Å². The Kier molecular flexibility index (Phi) is 4.79. The highest BCUT2D eigenvalue weighted by Gasteiger charge is 2.21. The smallest absolute Gasteiger partial charge is 0.272 e. The second-order valence-electron chi connectivity index (χ2n) is 4.81. The van der Waals surface area contributed by atoms with E-state index in [0.717, 1.165) is 12.1 Å². The maximum Gasteiger partial charge on any atom is 0.272 e. The molecule has 2 rings (SSSR count). The number of nitriles is 1. The summed E-state index contributed by atoms with van der Waals surface area (Å²) in [6.07, 6.45) is 0.859. The van der Waals surface area contributed by atoms with E-state index in [-0.39, 0.29) is 5.91 Å². The van der Waals surface area contributed by atoms with E-state index < -0.39 is 0 Å². The van der Waals surface area contributed by atoms with E-state index >= 15 is 0 Å². The van der Waals surface area contributed by atoms with Crippen LogP contribution in [0.1, 0.15) is 35.0 Å². The van der Waals surface area contributed by atoms with Crippen LogP contribution in [0.5, 0.6) is 5.88 Å². The lowest BCUT2D eigenvalue weighted by molar-refractivity contribution is 0.0947. The molecule has 22 heavy (non-hydrogen) atoms. The monoisotopic (exact) mass is 298 g/mol. The van der Waals surface area contributed by atoms with Gasteiger partial charge in [0.2, 0.25) is 5.88 Å². The maximum atomic E-state index is 12.2. The lowest BCUT2D eigenvalue weighted by Gasteiger charge is -2.06. The average Bonchev–Trinajstić information content (AvgIpc) is 2.89. The van der Waals surface area contributed by atoms with Crippen LogP contribution in [-0.2, 0) is 0 Å². The van der Waals surface area contributed by atoms with Crippen LogP contribution in [0, 0.1) is 18.3 Å². The van der Waals surface area contributed by atoms with Crippen molar-refractivity contribution < 1.29 is 9.53 Å². The molecule has 0 atom stereocenters. The number of methoxy groups -OCH3 is 1. The summed E-state index contributed by atoms with van der Waals surface area (Å²) in [7, 11) is 1.54. The molecular weight excluding hydrogens is 280 g/mol. The van der Waals surface area contributed by atoms with Crippen LogP contribution in [0.2, 0.25) is 0 Å². The first-order chi connectivity index (χ1) is 10.6. The molecular formula is C16H18N4O2. The molecule has 0 radical (unpaired) electrons. The van der Waals surface area contributed by atoms with E-state index in [0.29, 0.717) is 29.2 Å². The molecule has 1 heterocycles. The fourth-order valence-electron chi connectivity index (χ4n) is 2.11. The van der Waals surface area contributed by atoms with Gasteiger partial charge in [0.15, 0.2) is 5.69 Å². The lowest BCUT2D eigenvalue weighted by atomic mass is 10.2. The number of ether oxygens (including phenoxy) is 1. The lowest BCUT2D eigenvalue weighted by Crippen LogP contribution is -2.25. The SMILES string of the molecule is CCCNC(=O)c1nn(-c2ccc(C#N)cc2)c(OC)c1C. The third-order valence-corrected chi connectivity index (χ3v) is 3.25. The quantitative estimate of drug-likeness (QED) is 0.917. The summed E-state index contributed by atoms with van der Waals surface area (Å²) < 4.78 is 6.94. The molecule has 1 amide bonds. The van der Waals surface area contributed by atoms with Crippen molar-refractivity contribution in [2.24, 2.45) is 0 Å². The number of nitrogens with zero attached hydrogens (tertiary/aromatic N) is 3. The summed E-state index contributed by atoms with van der Waals surface area (Å²) in [6, 6.07) is 8.99. The normalized spacial score (nSPS) is 10.1. The number of benzene rings is 1. The number of carbonyl (C=O) groups excluding carboxylic acids is 1. The van der Waals surface area contributed by atoms with Gasteiger partial charge in [-0.25, -0.2) is 4.68 Å². The van der Waals surface area contributed by atoms with Crippen LogP contribution in [0.15, 0.2) is 24.3 Å². The predicted molar refractivity (Wildman–Crippen MR) is 82.2 cm³/mol. The number of amides is 1. The van der Waals surface area contributed by atoms with Gasteiger partial charge in [-0.05, 0) is 37.6 Å². The number of hydrogen-bond donors (Lipinski definition) is 1. The molecule has 0 saturated heterocycles. The van der Waals surface area contributed by atoms with Crippen LogP contribution >= 0.6 is 0 Å². The third-order valence-electron chi connectivity index (χ3n) is 3.25. The van der Waals surface area contributed by atoms with Crippen molar-refractivity contribution in [2.75, 3.05) is 13.7 Å². The van der Waals surface area contributed by atoms with Gasteiger partial charge in [-0.1, -0.05) is 6.92 Å². The van der Waals surface area contributed by atoms with E-state index in [9.17, 15) is 4.79 Å². The minimum absolute atomic E-state index is 0.218. The second-order valence-corrected chi connectivity index (χ2v) is 4.81. The molecule has 0 aliphatic carbocycles. The van der Waals surface area contributed by atoms with E-state index in [4.69, 9.17) is 10.00 Å². The number of carbonyl (C=O) groups is 1. The Morgan fingerprint density at radius 2 is 2.09 bits per heavy atom. The molecule has 0 bridgehead atoms. The van der Waals surface area contributed by atoms with Crippen LogP contribution in [0.3, 0.4) is 0 Å². The molecule has 0 aliphatic heterocycles. The third kappa shape index (κ3) is 2.93. The number of aromatic nitrogens is 2. The number of nitrogens with one attached hydrogen (secondary N) is 1. The molecule has 0 unspecified atom stereocenters. The van der Waals surface area contributed by atoms with Crippen molar-refractivity contribution in [2.45, 2.75) is 20.3 Å². The molecule has 6 heteroatoms. The van der Waals surface area contributed by atoms with Gasteiger partial charge in [0.05, 0.1) is 24.4 Å². The summed E-state index contributed by atoms with van der Waals surface area (Å²) in [4.78, 5) is 12.2. The highest BCUT2D eigenvalue weighted by Crippen LogP contribution is 2.25. The molecule has 0 saturated carbocycles. The van der Waals surface area contributed by atoms with E-state index in [2.05, 4.69) is 16.5 Å². The molecule has 0 fully saturated rings. The summed E-state index contributed by atoms with van der Waals surface area (Å²) in [6.45, 7) is 4.39. The standard InChI is InChI=1S/C16H18N4O2/c1-4-9-18-15(21)14-11(2)16(22-3)20(19-14)13-7-5-12(10-17)6-8-13/h5-8H,4,9H2,1-3H3,(H,18,21). The zero-order chi connectivity index (χ0) is 16.1. The molecule has 1 N–H and O–H groups in total. The van der Waals surface area contributed by atoms with Gasteiger partial charge in [0.25, 0.3) is 5.91 Å². The van der Waals surface area contributed by atoms with Crippen molar-refractivity contribution >= 4 is 5.91 Å². The fraction of sp³-hybridized carbons (Fsp3) is 0.312. The Bertz CT molecular complexity index is 711. The summed E-state index contributed by atoms with van der Waals surface area (Å²) >= 11 is 0. The molecule has 114 valence electrons. The van der Waals surface area contributed by atoms with Crippen molar-refractivity contribution in [3.63, 3.8) is 0 Å². The zero-order valence-electron chi connectivity index (χ0n) is 12.9. The number of rotatable bonds is 5. The molecule has 0 spiro atoms. The molecule has 1 aromatic heterocycles. The van der Waals surface area contributed by atoms with Crippen molar-refractivity contribution in [3.8, 4) is 17.6 Å². The van der Waals surface area contributed by atoms with Gasteiger partial charge in [0, 0.05) is 12.1 Å². The Morgan fingerprint density at radius 1 is 1.41 bits per heavy atom. The Morgan fingerprint density at radius 3 is 2.64 bits per heavy atom. The van der Waals surface area contributed by atoms with Gasteiger partial charge in [-0.3, -0.25) is 4.79 Å². The van der Waals surface area contributed by atoms with Crippen molar-refractivity contribution in [1.29, 1.82) is 5.26 Å². The highest BCUT2D eigenvalue weighted by atomic mass is 16.5. The summed E-state index contributed by atoms with van der Waals surface area (Å²) in [5, 5.41) is 16.0. The summed E-state index contributed by atoms with van der Waals surface area (Å²) in [5.41, 5.74) is 2.32. The van der Waals surface area contributed by atoms with Crippen LogP contribution in [-0.4, -0.2) is 29.3 Å². The first kappa shape index (κ1) is 15.6. The summed E-state index contributed by atoms with van der Waals surface area (Å²) in [5.74, 6) is 0.288. The second kappa shape index (κ2) is 6.76. The van der Waals surface area contributed by atoms with Gasteiger partial charge >= 0.3 is 0 Å². The predicted octanol–water partition coefficient (Wildman–Crippen LogP) is 2.20. The highest BCUT2D eigenvalue weighted by molar-refractivity contribution is 5.94. The molecule has 1 aromatic carbocycles. The Labute approximate surface area is 129 Å². The minimum atomic E-state index is -0.218. The fourth-order valence-corrected chi connectivity index (χ4v) is 2.11. The topological polar surface area (TPSA) is 79.9 Å². The Hall–Kier alpha value is -2.81. The first-order valence-corrected chi connectivity index (χ1v) is 7.04. The largest absolute Gasteiger partial charge is 0.481 e. The van der Waals surface area contributed by atoms with Crippen LogP contribution in [0.25, 0.3) is 5.69 Å². The number of hydrogen-bond acceptors (Lipinski definition) is 4. The van der Waals surface area contributed by atoms with Crippen molar-refractivity contribution in [1.82, 2.24) is 15.1 Å². The maximum absolute atomic E-state index is 12.2. The molecule has 0 aliphatic rings. The van der Waals surface area contributed by atoms with Gasteiger partial charge in [-0.2, -0.15) is 10.4 Å².